The number of aromatic nitrogens is 3. The lowest BCUT2D eigenvalue weighted by Gasteiger charge is -2.28. The molecule has 36 heavy (non-hydrogen) atoms. The predicted octanol–water partition coefficient (Wildman–Crippen LogP) is 0.964. The van der Waals surface area contributed by atoms with Gasteiger partial charge in [0, 0.05) is 50.7 Å². The van der Waals surface area contributed by atoms with Gasteiger partial charge in [-0.1, -0.05) is 6.58 Å². The lowest BCUT2D eigenvalue weighted by molar-refractivity contribution is -0.00257. The zero-order chi connectivity index (χ0) is 25.5. The van der Waals surface area contributed by atoms with Crippen LogP contribution in [0.5, 0.6) is 0 Å². The smallest absolute Gasteiger partial charge is 0.281 e. The monoisotopic (exact) mass is 496 g/mol. The Balaban J connectivity index is 1.64. The molecule has 2 aliphatic heterocycles. The van der Waals surface area contributed by atoms with Crippen LogP contribution in [0, 0.1) is 6.92 Å². The molecule has 0 unspecified atom stereocenters. The third-order valence-corrected chi connectivity index (χ3v) is 6.00. The molecule has 2 aromatic heterocycles. The Bertz CT molecular complexity index is 1190. The molecule has 0 bridgehead atoms. The molecular weight excluding hydrogens is 464 g/mol. The molecule has 1 saturated heterocycles. The van der Waals surface area contributed by atoms with Crippen LogP contribution in [-0.4, -0.2) is 89.7 Å². The normalized spacial score (nSPS) is 17.6. The summed E-state index contributed by atoms with van der Waals surface area (Å²) in [5.74, 6) is 1.02. The fraction of sp³-hybridized carbons (Fsp3) is 0.440. The standard InChI is InChI=1S/C25H32N6O5/c1-4-20(36-16-19(32)15-30-10-12-35-13-11-30)22(34-3)21-17(2)23-27-8-9-31(23)25(28-21)29-24(33)18-6-5-7-26-14-18/h4-7,14,19,27,32H,1,8-13,15-16H2,2-3H3/b22-20-,29-25?/t19-/m1/s1. The van der Waals surface area contributed by atoms with Crippen molar-refractivity contribution in [3.8, 4) is 0 Å². The molecule has 0 spiro atoms. The first-order valence-corrected chi connectivity index (χ1v) is 11.9. The minimum atomic E-state index is -0.704. The second kappa shape index (κ2) is 11.9. The van der Waals surface area contributed by atoms with Crippen molar-refractivity contribution < 1.29 is 24.1 Å². The van der Waals surface area contributed by atoms with Gasteiger partial charge in [0.15, 0.2) is 11.5 Å². The summed E-state index contributed by atoms with van der Waals surface area (Å²) in [5.41, 5.74) is 1.89. The van der Waals surface area contributed by atoms with Crippen LogP contribution < -0.4 is 10.9 Å². The Kier molecular flexibility index (Phi) is 8.47. The number of amides is 1. The van der Waals surface area contributed by atoms with E-state index in [1.165, 1.54) is 19.4 Å². The number of allylic oxidation sites excluding steroid dienone is 1. The van der Waals surface area contributed by atoms with Gasteiger partial charge in [0.1, 0.15) is 24.2 Å². The van der Waals surface area contributed by atoms with Crippen LogP contribution in [0.3, 0.4) is 0 Å². The third kappa shape index (κ3) is 5.81. The molecule has 2 N–H and O–H groups in total. The van der Waals surface area contributed by atoms with E-state index in [-0.39, 0.29) is 12.2 Å². The molecule has 4 heterocycles. The fourth-order valence-corrected chi connectivity index (χ4v) is 4.19. The van der Waals surface area contributed by atoms with Crippen molar-refractivity contribution in [3.63, 3.8) is 0 Å². The quantitative estimate of drug-likeness (QED) is 0.386. The number of morpholine rings is 1. The van der Waals surface area contributed by atoms with Crippen molar-refractivity contribution in [1.82, 2.24) is 19.4 Å². The lowest BCUT2D eigenvalue weighted by atomic mass is 10.1. The van der Waals surface area contributed by atoms with Crippen molar-refractivity contribution in [3.05, 3.63) is 65.4 Å². The molecule has 1 atom stereocenters. The van der Waals surface area contributed by atoms with Gasteiger partial charge in [-0.3, -0.25) is 19.2 Å². The Morgan fingerprint density at radius 1 is 1.39 bits per heavy atom. The summed E-state index contributed by atoms with van der Waals surface area (Å²) in [4.78, 5) is 27.9. The summed E-state index contributed by atoms with van der Waals surface area (Å²) in [7, 11) is 1.51. The van der Waals surface area contributed by atoms with E-state index < -0.39 is 12.0 Å². The molecule has 1 fully saturated rings. The highest BCUT2D eigenvalue weighted by Gasteiger charge is 2.23. The van der Waals surface area contributed by atoms with Gasteiger partial charge in [0.2, 0.25) is 5.62 Å². The summed E-state index contributed by atoms with van der Waals surface area (Å²) in [6.45, 7) is 10.5. The number of ether oxygens (including phenoxy) is 3. The maximum Gasteiger partial charge on any atom is 0.281 e. The van der Waals surface area contributed by atoms with Gasteiger partial charge in [0.05, 0.1) is 25.9 Å². The van der Waals surface area contributed by atoms with Crippen molar-refractivity contribution in [2.75, 3.05) is 58.4 Å². The summed E-state index contributed by atoms with van der Waals surface area (Å²) in [6.07, 6.45) is 3.88. The van der Waals surface area contributed by atoms with Crippen molar-refractivity contribution in [1.29, 1.82) is 0 Å². The summed E-state index contributed by atoms with van der Waals surface area (Å²) in [5, 5.41) is 13.8. The van der Waals surface area contributed by atoms with Crippen molar-refractivity contribution >= 4 is 17.5 Å². The molecule has 1 amide bonds. The average Bonchev–Trinajstić information content (AvgIpc) is 3.40. The molecule has 11 nitrogen and oxygen atoms in total. The summed E-state index contributed by atoms with van der Waals surface area (Å²) in [6, 6.07) is 3.34. The molecule has 11 heteroatoms. The maximum atomic E-state index is 12.8. The molecule has 0 aliphatic carbocycles. The molecule has 4 rings (SSSR count). The van der Waals surface area contributed by atoms with Crippen LogP contribution in [0.2, 0.25) is 0 Å². The lowest BCUT2D eigenvalue weighted by Crippen LogP contribution is -2.42. The number of nitrogens with one attached hydrogen (secondary N) is 1. The number of carbonyl (C=O) groups is 1. The molecule has 0 saturated carbocycles. The van der Waals surface area contributed by atoms with E-state index in [1.807, 2.05) is 11.5 Å². The van der Waals surface area contributed by atoms with Gasteiger partial charge >= 0.3 is 0 Å². The van der Waals surface area contributed by atoms with Crippen LogP contribution >= 0.6 is 0 Å². The van der Waals surface area contributed by atoms with Gasteiger partial charge in [0.25, 0.3) is 5.91 Å². The number of methoxy groups -OCH3 is 1. The number of fused-ring (bicyclic) bond motifs is 1. The first kappa shape index (κ1) is 25.5. The Morgan fingerprint density at radius 3 is 2.89 bits per heavy atom. The first-order chi connectivity index (χ1) is 17.5. The minimum Gasteiger partial charge on any atom is -0.491 e. The average molecular weight is 497 g/mol. The summed E-state index contributed by atoms with van der Waals surface area (Å²) < 4.78 is 18.8. The van der Waals surface area contributed by atoms with E-state index in [2.05, 4.69) is 31.8 Å². The number of β-amino-alcohol motifs (C(OH)–C–C–N with tert-alkyl or cyclic N) is 1. The molecule has 2 aromatic rings. The number of hydrogen-bond donors (Lipinski definition) is 2. The highest BCUT2D eigenvalue weighted by molar-refractivity contribution is 5.94. The highest BCUT2D eigenvalue weighted by atomic mass is 16.5. The van der Waals surface area contributed by atoms with Gasteiger partial charge in [-0.2, -0.15) is 4.99 Å². The number of aliphatic hydroxyl groups is 1. The maximum absolute atomic E-state index is 12.8. The van der Waals surface area contributed by atoms with Gasteiger partial charge in [-0.25, -0.2) is 4.98 Å². The topological polar surface area (TPSA) is 123 Å². The van der Waals surface area contributed by atoms with Crippen LogP contribution in [-0.2, 0) is 20.8 Å². The molecular formula is C25H32N6O5. The Labute approximate surface area is 209 Å². The number of hydrogen-bond acceptors (Lipinski definition) is 9. The molecule has 0 radical (unpaired) electrons. The minimum absolute atomic E-state index is 0.0548. The van der Waals surface area contributed by atoms with E-state index >= 15 is 0 Å². The zero-order valence-corrected chi connectivity index (χ0v) is 20.6. The van der Waals surface area contributed by atoms with Crippen LogP contribution in [0.25, 0.3) is 5.76 Å². The zero-order valence-electron chi connectivity index (χ0n) is 20.6. The Hall–Kier alpha value is -3.54. The second-order valence-electron chi connectivity index (χ2n) is 8.45. The van der Waals surface area contributed by atoms with Gasteiger partial charge in [-0.15, -0.1) is 0 Å². The van der Waals surface area contributed by atoms with Crippen molar-refractivity contribution in [2.24, 2.45) is 4.99 Å². The van der Waals surface area contributed by atoms with Crippen LogP contribution in [0.4, 0.5) is 5.82 Å². The van der Waals surface area contributed by atoms with E-state index in [0.29, 0.717) is 55.6 Å². The summed E-state index contributed by atoms with van der Waals surface area (Å²) >= 11 is 0. The molecule has 192 valence electrons. The number of nitrogens with zero attached hydrogens (tertiary/aromatic N) is 5. The third-order valence-electron chi connectivity index (χ3n) is 6.00. The fourth-order valence-electron chi connectivity index (χ4n) is 4.19. The highest BCUT2D eigenvalue weighted by Crippen LogP contribution is 2.27. The second-order valence-corrected chi connectivity index (χ2v) is 8.45. The number of aliphatic hydroxyl groups excluding tert-OH is 1. The number of pyridine rings is 1. The Morgan fingerprint density at radius 2 is 2.19 bits per heavy atom. The van der Waals surface area contributed by atoms with E-state index in [1.54, 1.807) is 18.3 Å². The number of anilines is 1. The predicted molar refractivity (Wildman–Crippen MR) is 133 cm³/mol. The number of rotatable bonds is 9. The van der Waals surface area contributed by atoms with E-state index in [4.69, 9.17) is 14.2 Å². The van der Waals surface area contributed by atoms with E-state index in [9.17, 15) is 9.90 Å². The SMILES string of the molecule is C=C/C(OC[C@H](O)CN1CCOCC1)=C(/OC)c1nc(=NC(=O)c2cccnc2)n2c(c1C)NCC2. The molecule has 2 aliphatic rings. The van der Waals surface area contributed by atoms with Crippen LogP contribution in [0.1, 0.15) is 21.6 Å². The molecule has 0 aromatic carbocycles. The van der Waals surface area contributed by atoms with Gasteiger partial charge < -0.3 is 24.6 Å². The largest absolute Gasteiger partial charge is 0.491 e. The van der Waals surface area contributed by atoms with Crippen LogP contribution in [0.15, 0.2) is 47.9 Å². The first-order valence-electron chi connectivity index (χ1n) is 11.9. The van der Waals surface area contributed by atoms with E-state index in [0.717, 1.165) is 24.5 Å². The number of carbonyl (C=O) groups excluding carboxylic acids is 1. The van der Waals surface area contributed by atoms with Gasteiger partial charge in [-0.05, 0) is 25.1 Å². The van der Waals surface area contributed by atoms with Crippen molar-refractivity contribution in [2.45, 2.75) is 19.6 Å².